The van der Waals surface area contributed by atoms with Crippen molar-refractivity contribution in [3.8, 4) is 22.3 Å². The topological polar surface area (TPSA) is 41.1 Å². The molecule has 3 aromatic carbocycles. The third kappa shape index (κ3) is 4.29. The summed E-state index contributed by atoms with van der Waals surface area (Å²) in [4.78, 5) is 12.7. The number of nitrogens with one attached hydrogen (secondary N) is 2. The van der Waals surface area contributed by atoms with E-state index in [1.807, 2.05) is 48.5 Å². The molecule has 3 aromatic rings. The van der Waals surface area contributed by atoms with Gasteiger partial charge in [0, 0.05) is 11.4 Å². The predicted octanol–water partition coefficient (Wildman–Crippen LogP) is 5.40. The van der Waals surface area contributed by atoms with Crippen LogP contribution in [0.5, 0.6) is 0 Å². The van der Waals surface area contributed by atoms with E-state index in [2.05, 4.69) is 54.8 Å². The van der Waals surface area contributed by atoms with E-state index in [9.17, 15) is 4.79 Å². The molecule has 1 fully saturated rings. The molecule has 1 aliphatic rings. The third-order valence-corrected chi connectivity index (χ3v) is 6.20. The summed E-state index contributed by atoms with van der Waals surface area (Å²) in [5, 5.41) is 6.52. The minimum Gasteiger partial charge on any atom is -0.325 e. The molecule has 0 spiro atoms. The van der Waals surface area contributed by atoms with E-state index in [4.69, 9.17) is 0 Å². The number of rotatable bonds is 4. The van der Waals surface area contributed by atoms with Crippen molar-refractivity contribution >= 4 is 23.4 Å². The number of carbonyl (C=O) groups excluding carboxylic acids is 1. The lowest BCUT2D eigenvalue weighted by Crippen LogP contribution is -2.43. The molecule has 0 aliphatic carbocycles. The molecule has 2 N–H and O–H groups in total. The van der Waals surface area contributed by atoms with Crippen LogP contribution in [-0.4, -0.2) is 22.6 Å². The van der Waals surface area contributed by atoms with Crippen LogP contribution < -0.4 is 10.6 Å². The highest BCUT2D eigenvalue weighted by Crippen LogP contribution is 2.32. The van der Waals surface area contributed by atoms with E-state index in [1.165, 1.54) is 0 Å². The van der Waals surface area contributed by atoms with Crippen molar-refractivity contribution in [1.29, 1.82) is 0 Å². The van der Waals surface area contributed by atoms with Gasteiger partial charge >= 0.3 is 0 Å². The van der Waals surface area contributed by atoms with Crippen molar-refractivity contribution in [1.82, 2.24) is 5.32 Å². The Bertz CT molecular complexity index is 913. The number of benzene rings is 3. The summed E-state index contributed by atoms with van der Waals surface area (Å²) in [6.07, 6.45) is 0. The van der Waals surface area contributed by atoms with Crippen LogP contribution in [0.15, 0.2) is 78.9 Å². The number of carbonyl (C=O) groups is 1. The molecule has 142 valence electrons. The molecule has 28 heavy (non-hydrogen) atoms. The Hall–Kier alpha value is -2.56. The summed E-state index contributed by atoms with van der Waals surface area (Å²) in [6, 6.07) is 26.6. The number of anilines is 1. The number of amides is 1. The van der Waals surface area contributed by atoms with Crippen molar-refractivity contribution in [3.05, 3.63) is 78.9 Å². The van der Waals surface area contributed by atoms with Gasteiger partial charge in [-0.15, -0.1) is 11.8 Å². The maximum absolute atomic E-state index is 12.8. The van der Waals surface area contributed by atoms with Crippen LogP contribution in [0.3, 0.4) is 0 Å². The van der Waals surface area contributed by atoms with Gasteiger partial charge in [0.2, 0.25) is 5.91 Å². The second-order valence-corrected chi connectivity index (χ2v) is 9.18. The summed E-state index contributed by atoms with van der Waals surface area (Å²) in [7, 11) is 0. The Labute approximate surface area is 170 Å². The fourth-order valence-corrected chi connectivity index (χ4v) is 4.50. The first kappa shape index (κ1) is 18.8. The quantitative estimate of drug-likeness (QED) is 0.629. The SMILES string of the molecule is CC1(C)N[C@@H](C(=O)Nc2cc(-c3ccccc3)cc(-c3ccccc3)c2)CS1. The zero-order chi connectivity index (χ0) is 19.6. The standard InChI is InChI=1S/C24H24N2OS/c1-24(2)26-22(16-28-24)23(27)25-21-14-19(17-9-5-3-6-10-17)13-20(15-21)18-11-7-4-8-12-18/h3-15,22,26H,16H2,1-2H3,(H,25,27)/t22-/m1/s1. The minimum absolute atomic E-state index is 0.0160. The normalized spacial score (nSPS) is 18.0. The van der Waals surface area contributed by atoms with Crippen molar-refractivity contribution < 1.29 is 4.79 Å². The summed E-state index contributed by atoms with van der Waals surface area (Å²) in [5.41, 5.74) is 5.26. The van der Waals surface area contributed by atoms with Crippen LogP contribution in [-0.2, 0) is 4.79 Å². The van der Waals surface area contributed by atoms with Crippen LogP contribution in [0.25, 0.3) is 22.3 Å². The molecule has 1 atom stereocenters. The molecule has 0 aromatic heterocycles. The minimum atomic E-state index is -0.180. The lowest BCUT2D eigenvalue weighted by atomic mass is 9.98. The van der Waals surface area contributed by atoms with Gasteiger partial charge in [0.1, 0.15) is 0 Å². The number of hydrogen-bond acceptors (Lipinski definition) is 3. The number of hydrogen-bond donors (Lipinski definition) is 2. The van der Waals surface area contributed by atoms with Crippen molar-refractivity contribution in [3.63, 3.8) is 0 Å². The first-order valence-corrected chi connectivity index (χ1v) is 10.5. The van der Waals surface area contributed by atoms with E-state index in [0.29, 0.717) is 0 Å². The molecular formula is C24H24N2OS. The molecule has 0 unspecified atom stereocenters. The molecule has 4 heteroatoms. The van der Waals surface area contributed by atoms with Crippen LogP contribution in [0.2, 0.25) is 0 Å². The average Bonchev–Trinajstić information content (AvgIpc) is 3.09. The van der Waals surface area contributed by atoms with Gasteiger partial charge in [-0.25, -0.2) is 0 Å². The van der Waals surface area contributed by atoms with Crippen molar-refractivity contribution in [2.45, 2.75) is 24.8 Å². The Morgan fingerprint density at radius 3 is 1.89 bits per heavy atom. The molecule has 3 nitrogen and oxygen atoms in total. The molecule has 1 heterocycles. The van der Waals surface area contributed by atoms with Gasteiger partial charge in [-0.05, 0) is 54.3 Å². The van der Waals surface area contributed by atoms with Crippen LogP contribution in [0, 0.1) is 0 Å². The average molecular weight is 389 g/mol. The van der Waals surface area contributed by atoms with Gasteiger partial charge in [-0.2, -0.15) is 0 Å². The zero-order valence-corrected chi connectivity index (χ0v) is 16.9. The van der Waals surface area contributed by atoms with Crippen LogP contribution in [0.4, 0.5) is 5.69 Å². The second-order valence-electron chi connectivity index (χ2n) is 7.54. The third-order valence-electron chi connectivity index (χ3n) is 4.86. The maximum atomic E-state index is 12.8. The van der Waals surface area contributed by atoms with Gasteiger partial charge in [0.25, 0.3) is 0 Å². The highest BCUT2D eigenvalue weighted by molar-refractivity contribution is 8.00. The van der Waals surface area contributed by atoms with Gasteiger partial charge < -0.3 is 5.32 Å². The maximum Gasteiger partial charge on any atom is 0.242 e. The monoisotopic (exact) mass is 388 g/mol. The predicted molar refractivity (Wildman–Crippen MR) is 119 cm³/mol. The molecule has 1 saturated heterocycles. The van der Waals surface area contributed by atoms with Crippen LogP contribution >= 0.6 is 11.8 Å². The first-order chi connectivity index (χ1) is 13.5. The number of thioether (sulfide) groups is 1. The highest BCUT2D eigenvalue weighted by atomic mass is 32.2. The molecule has 1 aliphatic heterocycles. The zero-order valence-electron chi connectivity index (χ0n) is 16.1. The Morgan fingerprint density at radius 2 is 1.43 bits per heavy atom. The highest BCUT2D eigenvalue weighted by Gasteiger charge is 2.34. The molecule has 4 rings (SSSR count). The van der Waals surface area contributed by atoms with Crippen molar-refractivity contribution in [2.75, 3.05) is 11.1 Å². The first-order valence-electron chi connectivity index (χ1n) is 9.49. The lowest BCUT2D eigenvalue weighted by Gasteiger charge is -2.19. The van der Waals surface area contributed by atoms with Gasteiger partial charge in [0.15, 0.2) is 0 Å². The van der Waals surface area contributed by atoms with E-state index in [0.717, 1.165) is 33.7 Å². The Balaban J connectivity index is 1.67. The van der Waals surface area contributed by atoms with Gasteiger partial charge in [-0.3, -0.25) is 10.1 Å². The van der Waals surface area contributed by atoms with E-state index in [1.54, 1.807) is 11.8 Å². The van der Waals surface area contributed by atoms with Crippen molar-refractivity contribution in [2.24, 2.45) is 0 Å². The van der Waals surface area contributed by atoms with E-state index >= 15 is 0 Å². The lowest BCUT2D eigenvalue weighted by molar-refractivity contribution is -0.117. The summed E-state index contributed by atoms with van der Waals surface area (Å²) < 4.78 is 0. The van der Waals surface area contributed by atoms with Crippen LogP contribution in [0.1, 0.15) is 13.8 Å². The fraction of sp³-hybridized carbons (Fsp3) is 0.208. The van der Waals surface area contributed by atoms with E-state index in [-0.39, 0.29) is 16.8 Å². The van der Waals surface area contributed by atoms with Gasteiger partial charge in [-0.1, -0.05) is 60.7 Å². The summed E-state index contributed by atoms with van der Waals surface area (Å²) in [5.74, 6) is 0.797. The Morgan fingerprint density at radius 1 is 0.893 bits per heavy atom. The van der Waals surface area contributed by atoms with Gasteiger partial charge in [0.05, 0.1) is 10.9 Å². The molecule has 1 amide bonds. The molecule has 0 bridgehead atoms. The molecule has 0 saturated carbocycles. The summed E-state index contributed by atoms with van der Waals surface area (Å²) in [6.45, 7) is 4.21. The molecular weight excluding hydrogens is 364 g/mol. The second kappa shape index (κ2) is 7.82. The fourth-order valence-electron chi connectivity index (χ4n) is 3.46. The largest absolute Gasteiger partial charge is 0.325 e. The smallest absolute Gasteiger partial charge is 0.242 e. The van der Waals surface area contributed by atoms with E-state index < -0.39 is 0 Å². The molecule has 0 radical (unpaired) electrons. The Kier molecular flexibility index (Phi) is 5.25. The summed E-state index contributed by atoms with van der Waals surface area (Å²) >= 11 is 1.77.